The fourth-order valence-corrected chi connectivity index (χ4v) is 3.16. The van der Waals surface area contributed by atoms with Crippen LogP contribution in [0.3, 0.4) is 0 Å². The van der Waals surface area contributed by atoms with E-state index in [0.29, 0.717) is 6.04 Å². The summed E-state index contributed by atoms with van der Waals surface area (Å²) < 4.78 is 0. The molecular weight excluding hydrogens is 267 g/mol. The zero-order chi connectivity index (χ0) is 13.1. The summed E-state index contributed by atoms with van der Waals surface area (Å²) in [4.78, 5) is 2.49. The van der Waals surface area contributed by atoms with Crippen LogP contribution in [0.2, 0.25) is 10.0 Å². The molecule has 0 bridgehead atoms. The van der Waals surface area contributed by atoms with Crippen molar-refractivity contribution >= 4 is 23.2 Å². The molecule has 2 atom stereocenters. The predicted molar refractivity (Wildman–Crippen MR) is 78.5 cm³/mol. The van der Waals surface area contributed by atoms with E-state index in [9.17, 15) is 0 Å². The topological polar surface area (TPSA) is 15.3 Å². The quantitative estimate of drug-likeness (QED) is 0.910. The molecule has 1 aromatic carbocycles. The standard InChI is InChI=1S/C14H20Cl2N2/c1-10(13-7-12(15)3-4-14(13)16)18-6-5-11(9-18)8-17-2/h3-4,7,10-11,17H,5-6,8-9H2,1-2H3. The van der Waals surface area contributed by atoms with Crippen molar-refractivity contribution in [2.45, 2.75) is 19.4 Å². The molecule has 1 heterocycles. The van der Waals surface area contributed by atoms with Crippen LogP contribution in [0.4, 0.5) is 0 Å². The van der Waals surface area contributed by atoms with Gasteiger partial charge in [-0.15, -0.1) is 0 Å². The lowest BCUT2D eigenvalue weighted by atomic mass is 10.1. The van der Waals surface area contributed by atoms with Crippen LogP contribution in [0, 0.1) is 5.92 Å². The molecule has 2 unspecified atom stereocenters. The van der Waals surface area contributed by atoms with Crippen molar-refractivity contribution in [3.05, 3.63) is 33.8 Å². The second-order valence-corrected chi connectivity index (χ2v) is 5.89. The number of hydrogen-bond acceptors (Lipinski definition) is 2. The SMILES string of the molecule is CNCC1CCN(C(C)c2cc(Cl)ccc2Cl)C1. The summed E-state index contributed by atoms with van der Waals surface area (Å²) in [5.74, 6) is 0.746. The Hall–Kier alpha value is -0.280. The van der Waals surface area contributed by atoms with E-state index in [4.69, 9.17) is 23.2 Å². The number of likely N-dealkylation sites (tertiary alicyclic amines) is 1. The molecule has 1 fully saturated rings. The van der Waals surface area contributed by atoms with Gasteiger partial charge in [-0.1, -0.05) is 23.2 Å². The van der Waals surface area contributed by atoms with Crippen molar-refractivity contribution in [2.75, 3.05) is 26.7 Å². The second kappa shape index (κ2) is 6.25. The maximum absolute atomic E-state index is 6.27. The summed E-state index contributed by atoms with van der Waals surface area (Å²) in [6.45, 7) is 5.56. The van der Waals surface area contributed by atoms with Gasteiger partial charge in [-0.05, 0) is 63.2 Å². The molecule has 1 saturated heterocycles. The number of halogens is 2. The van der Waals surface area contributed by atoms with Gasteiger partial charge in [0.1, 0.15) is 0 Å². The third kappa shape index (κ3) is 3.18. The van der Waals surface area contributed by atoms with Gasteiger partial charge in [0.05, 0.1) is 0 Å². The largest absolute Gasteiger partial charge is 0.319 e. The van der Waals surface area contributed by atoms with Crippen molar-refractivity contribution < 1.29 is 0 Å². The van der Waals surface area contributed by atoms with Crippen LogP contribution in [0.1, 0.15) is 24.9 Å². The van der Waals surface area contributed by atoms with E-state index >= 15 is 0 Å². The van der Waals surface area contributed by atoms with Crippen LogP contribution >= 0.6 is 23.2 Å². The molecule has 1 aliphatic heterocycles. The molecule has 4 heteroatoms. The minimum atomic E-state index is 0.332. The molecule has 0 spiro atoms. The molecule has 2 rings (SSSR count). The summed E-state index contributed by atoms with van der Waals surface area (Å²) in [6.07, 6.45) is 1.25. The third-order valence-electron chi connectivity index (χ3n) is 3.77. The molecule has 0 amide bonds. The molecule has 2 nitrogen and oxygen atoms in total. The van der Waals surface area contributed by atoms with Gasteiger partial charge in [-0.25, -0.2) is 0 Å². The Kier molecular flexibility index (Phi) is 4.91. The van der Waals surface area contributed by atoms with Crippen LogP contribution in [-0.2, 0) is 0 Å². The van der Waals surface area contributed by atoms with E-state index in [1.54, 1.807) is 0 Å². The van der Waals surface area contributed by atoms with Gasteiger partial charge in [0.25, 0.3) is 0 Å². The van der Waals surface area contributed by atoms with E-state index < -0.39 is 0 Å². The fourth-order valence-electron chi connectivity index (χ4n) is 2.70. The average Bonchev–Trinajstić information content (AvgIpc) is 2.80. The van der Waals surface area contributed by atoms with Gasteiger partial charge in [0.2, 0.25) is 0 Å². The number of nitrogens with zero attached hydrogens (tertiary/aromatic N) is 1. The van der Waals surface area contributed by atoms with Crippen molar-refractivity contribution in [1.82, 2.24) is 10.2 Å². The monoisotopic (exact) mass is 286 g/mol. The Morgan fingerprint density at radius 2 is 2.22 bits per heavy atom. The molecule has 0 aliphatic carbocycles. The normalized spacial score (nSPS) is 22.3. The van der Waals surface area contributed by atoms with E-state index in [0.717, 1.165) is 41.2 Å². The first-order valence-electron chi connectivity index (χ1n) is 6.45. The molecular formula is C14H20Cl2N2. The minimum Gasteiger partial charge on any atom is -0.319 e. The predicted octanol–water partition coefficient (Wildman–Crippen LogP) is 3.60. The molecule has 18 heavy (non-hydrogen) atoms. The lowest BCUT2D eigenvalue weighted by Crippen LogP contribution is -2.27. The molecule has 0 radical (unpaired) electrons. The van der Waals surface area contributed by atoms with Gasteiger partial charge in [-0.3, -0.25) is 4.90 Å². The van der Waals surface area contributed by atoms with Crippen LogP contribution in [-0.4, -0.2) is 31.6 Å². The number of hydrogen-bond donors (Lipinski definition) is 1. The zero-order valence-corrected chi connectivity index (χ0v) is 12.4. The van der Waals surface area contributed by atoms with Crippen LogP contribution in [0.25, 0.3) is 0 Å². The highest BCUT2D eigenvalue weighted by molar-refractivity contribution is 6.33. The van der Waals surface area contributed by atoms with Crippen molar-refractivity contribution in [3.63, 3.8) is 0 Å². The van der Waals surface area contributed by atoms with Gasteiger partial charge >= 0.3 is 0 Å². The summed E-state index contributed by atoms with van der Waals surface area (Å²) in [6, 6.07) is 6.04. The molecule has 100 valence electrons. The number of rotatable bonds is 4. The van der Waals surface area contributed by atoms with E-state index in [1.165, 1.54) is 6.42 Å². The first-order chi connectivity index (χ1) is 8.61. The highest BCUT2D eigenvalue weighted by Gasteiger charge is 2.27. The van der Waals surface area contributed by atoms with Crippen LogP contribution in [0.15, 0.2) is 18.2 Å². The Morgan fingerprint density at radius 3 is 2.94 bits per heavy atom. The first-order valence-corrected chi connectivity index (χ1v) is 7.21. The zero-order valence-electron chi connectivity index (χ0n) is 10.9. The summed E-state index contributed by atoms with van der Waals surface area (Å²) in [5, 5.41) is 4.82. The highest BCUT2D eigenvalue weighted by atomic mass is 35.5. The third-order valence-corrected chi connectivity index (χ3v) is 4.35. The van der Waals surface area contributed by atoms with Crippen molar-refractivity contribution in [2.24, 2.45) is 5.92 Å². The Bertz CT molecular complexity index is 409. The van der Waals surface area contributed by atoms with Gasteiger partial charge in [-0.2, -0.15) is 0 Å². The van der Waals surface area contributed by atoms with E-state index in [-0.39, 0.29) is 0 Å². The first kappa shape index (κ1) is 14.1. The van der Waals surface area contributed by atoms with Gasteiger partial charge in [0, 0.05) is 22.6 Å². The Labute approximate surface area is 119 Å². The summed E-state index contributed by atoms with van der Waals surface area (Å²) in [5.41, 5.74) is 1.13. The lowest BCUT2D eigenvalue weighted by molar-refractivity contribution is 0.252. The van der Waals surface area contributed by atoms with Gasteiger partial charge in [0.15, 0.2) is 0 Å². The summed E-state index contributed by atoms with van der Waals surface area (Å²) >= 11 is 12.3. The molecule has 0 saturated carbocycles. The number of nitrogens with one attached hydrogen (secondary N) is 1. The van der Waals surface area contributed by atoms with Crippen molar-refractivity contribution in [1.29, 1.82) is 0 Å². The van der Waals surface area contributed by atoms with Gasteiger partial charge < -0.3 is 5.32 Å². The fraction of sp³-hybridized carbons (Fsp3) is 0.571. The van der Waals surface area contributed by atoms with Crippen molar-refractivity contribution in [3.8, 4) is 0 Å². The summed E-state index contributed by atoms with van der Waals surface area (Å²) in [7, 11) is 2.01. The molecule has 1 aromatic rings. The minimum absolute atomic E-state index is 0.332. The highest BCUT2D eigenvalue weighted by Crippen LogP contribution is 2.32. The maximum Gasteiger partial charge on any atom is 0.0454 e. The van der Waals surface area contributed by atoms with Crippen LogP contribution in [0.5, 0.6) is 0 Å². The average molecular weight is 287 g/mol. The smallest absolute Gasteiger partial charge is 0.0454 e. The second-order valence-electron chi connectivity index (χ2n) is 5.05. The van der Waals surface area contributed by atoms with E-state index in [2.05, 4.69) is 17.1 Å². The number of benzene rings is 1. The molecule has 0 aromatic heterocycles. The lowest BCUT2D eigenvalue weighted by Gasteiger charge is -2.25. The molecule has 1 aliphatic rings. The Morgan fingerprint density at radius 1 is 1.44 bits per heavy atom. The maximum atomic E-state index is 6.27. The Balaban J connectivity index is 2.07. The van der Waals surface area contributed by atoms with Crippen LogP contribution < -0.4 is 5.32 Å². The molecule has 1 N–H and O–H groups in total. The van der Waals surface area contributed by atoms with E-state index in [1.807, 2.05) is 25.2 Å².